The Morgan fingerprint density at radius 1 is 1.05 bits per heavy atom. The van der Waals surface area contributed by atoms with Crippen LogP contribution in [0.2, 0.25) is 0 Å². The van der Waals surface area contributed by atoms with Gasteiger partial charge in [-0.15, -0.1) is 0 Å². The lowest BCUT2D eigenvalue weighted by Crippen LogP contribution is -2.38. The van der Waals surface area contributed by atoms with Crippen molar-refractivity contribution in [2.45, 2.75) is 13.3 Å². The summed E-state index contributed by atoms with van der Waals surface area (Å²) < 4.78 is 5.34. The van der Waals surface area contributed by atoms with Crippen LogP contribution in [-0.4, -0.2) is 54.3 Å². The molecule has 104 valence electrons. The van der Waals surface area contributed by atoms with Crippen LogP contribution in [0.15, 0.2) is 0 Å². The summed E-state index contributed by atoms with van der Waals surface area (Å²) in [6, 6.07) is 0. The quantitative estimate of drug-likeness (QED) is 0.813. The maximum atomic E-state index is 5.82. The molecule has 0 saturated carbocycles. The Bertz CT molecular complexity index is 425. The van der Waals surface area contributed by atoms with E-state index in [1.807, 2.05) is 0 Å². The van der Waals surface area contributed by atoms with E-state index in [1.165, 1.54) is 6.42 Å². The van der Waals surface area contributed by atoms with Crippen molar-refractivity contribution in [1.82, 2.24) is 15.0 Å². The van der Waals surface area contributed by atoms with Gasteiger partial charge in [-0.1, -0.05) is 6.92 Å². The van der Waals surface area contributed by atoms with E-state index in [0.717, 1.165) is 26.2 Å². The van der Waals surface area contributed by atoms with Crippen LogP contribution in [-0.2, 0) is 4.74 Å². The summed E-state index contributed by atoms with van der Waals surface area (Å²) in [4.78, 5) is 17.4. The molecule has 2 N–H and O–H groups in total. The Labute approximate surface area is 112 Å². The third-order valence-electron chi connectivity index (χ3n) is 3.63. The fourth-order valence-electron chi connectivity index (χ4n) is 2.53. The first-order valence-electron chi connectivity index (χ1n) is 6.81. The predicted octanol–water partition coefficient (Wildman–Crippen LogP) is 0.137. The van der Waals surface area contributed by atoms with E-state index in [4.69, 9.17) is 10.5 Å². The van der Waals surface area contributed by atoms with Crippen LogP contribution >= 0.6 is 0 Å². The number of aromatic nitrogens is 3. The molecule has 1 aromatic rings. The summed E-state index contributed by atoms with van der Waals surface area (Å²) in [7, 11) is 0. The van der Waals surface area contributed by atoms with Crippen LogP contribution in [0.1, 0.15) is 13.3 Å². The van der Waals surface area contributed by atoms with Gasteiger partial charge in [-0.05, 0) is 12.3 Å². The molecule has 0 bridgehead atoms. The summed E-state index contributed by atoms with van der Waals surface area (Å²) >= 11 is 0. The van der Waals surface area contributed by atoms with E-state index in [2.05, 4.69) is 31.7 Å². The Balaban J connectivity index is 1.83. The largest absolute Gasteiger partial charge is 0.378 e. The summed E-state index contributed by atoms with van der Waals surface area (Å²) in [6.07, 6.45) is 1.18. The molecule has 2 aliphatic rings. The Morgan fingerprint density at radius 2 is 1.74 bits per heavy atom. The van der Waals surface area contributed by atoms with Crippen molar-refractivity contribution in [1.29, 1.82) is 0 Å². The smallest absolute Gasteiger partial charge is 0.232 e. The fraction of sp³-hybridized carbons (Fsp3) is 0.750. The van der Waals surface area contributed by atoms with Gasteiger partial charge in [0.15, 0.2) is 0 Å². The van der Waals surface area contributed by atoms with Crippen molar-refractivity contribution < 1.29 is 4.74 Å². The first-order valence-corrected chi connectivity index (χ1v) is 6.81. The molecule has 0 amide bonds. The third-order valence-corrected chi connectivity index (χ3v) is 3.63. The second-order valence-corrected chi connectivity index (χ2v) is 5.23. The van der Waals surface area contributed by atoms with Crippen molar-refractivity contribution in [3.05, 3.63) is 0 Å². The molecule has 2 saturated heterocycles. The lowest BCUT2D eigenvalue weighted by atomic mass is 10.2. The minimum atomic E-state index is 0.297. The number of nitrogen functional groups attached to an aromatic ring is 1. The van der Waals surface area contributed by atoms with Crippen molar-refractivity contribution in [2.24, 2.45) is 5.92 Å². The van der Waals surface area contributed by atoms with E-state index in [0.29, 0.717) is 37.0 Å². The number of hydrogen-bond acceptors (Lipinski definition) is 7. The molecule has 3 rings (SSSR count). The van der Waals surface area contributed by atoms with Gasteiger partial charge in [-0.3, -0.25) is 0 Å². The zero-order valence-electron chi connectivity index (χ0n) is 11.2. The molecule has 2 fully saturated rings. The van der Waals surface area contributed by atoms with Crippen molar-refractivity contribution in [2.75, 3.05) is 54.9 Å². The zero-order chi connectivity index (χ0) is 13.2. The Kier molecular flexibility index (Phi) is 3.37. The van der Waals surface area contributed by atoms with Gasteiger partial charge >= 0.3 is 0 Å². The highest BCUT2D eigenvalue weighted by Crippen LogP contribution is 2.22. The van der Waals surface area contributed by atoms with Crippen LogP contribution < -0.4 is 15.5 Å². The molecule has 1 atom stereocenters. The molecule has 19 heavy (non-hydrogen) atoms. The normalized spacial score (nSPS) is 23.9. The van der Waals surface area contributed by atoms with E-state index < -0.39 is 0 Å². The minimum Gasteiger partial charge on any atom is -0.378 e. The first-order chi connectivity index (χ1) is 9.22. The maximum absolute atomic E-state index is 5.82. The lowest BCUT2D eigenvalue weighted by molar-refractivity contribution is 0.122. The molecule has 3 heterocycles. The molecule has 1 unspecified atom stereocenters. The lowest BCUT2D eigenvalue weighted by Gasteiger charge is -2.27. The summed E-state index contributed by atoms with van der Waals surface area (Å²) in [5.74, 6) is 2.36. The molecule has 1 aromatic heterocycles. The van der Waals surface area contributed by atoms with Gasteiger partial charge in [-0.2, -0.15) is 15.0 Å². The number of ether oxygens (including phenoxy) is 1. The van der Waals surface area contributed by atoms with E-state index >= 15 is 0 Å². The van der Waals surface area contributed by atoms with Crippen molar-refractivity contribution >= 4 is 17.8 Å². The highest BCUT2D eigenvalue weighted by Gasteiger charge is 2.23. The van der Waals surface area contributed by atoms with Crippen LogP contribution in [0.3, 0.4) is 0 Å². The maximum Gasteiger partial charge on any atom is 0.232 e. The Morgan fingerprint density at radius 3 is 2.37 bits per heavy atom. The molecule has 7 nitrogen and oxygen atoms in total. The molecule has 0 aromatic carbocycles. The van der Waals surface area contributed by atoms with Gasteiger partial charge in [0.05, 0.1) is 13.2 Å². The summed E-state index contributed by atoms with van der Waals surface area (Å²) in [5, 5.41) is 0. The van der Waals surface area contributed by atoms with E-state index in [1.54, 1.807) is 0 Å². The summed E-state index contributed by atoms with van der Waals surface area (Å²) in [6.45, 7) is 7.26. The topological polar surface area (TPSA) is 80.4 Å². The molecule has 0 aliphatic carbocycles. The average Bonchev–Trinajstić information content (AvgIpc) is 2.86. The summed E-state index contributed by atoms with van der Waals surface area (Å²) in [5.41, 5.74) is 5.82. The van der Waals surface area contributed by atoms with Gasteiger partial charge in [0.1, 0.15) is 0 Å². The van der Waals surface area contributed by atoms with Crippen molar-refractivity contribution in [3.8, 4) is 0 Å². The second kappa shape index (κ2) is 5.16. The number of hydrogen-bond donors (Lipinski definition) is 1. The molecule has 7 heteroatoms. The highest BCUT2D eigenvalue weighted by molar-refractivity contribution is 5.44. The van der Waals surface area contributed by atoms with Crippen molar-refractivity contribution in [3.63, 3.8) is 0 Å². The zero-order valence-corrected chi connectivity index (χ0v) is 11.2. The van der Waals surface area contributed by atoms with Gasteiger partial charge in [0.25, 0.3) is 0 Å². The number of nitrogens with two attached hydrogens (primary N) is 1. The van der Waals surface area contributed by atoms with E-state index in [-0.39, 0.29) is 0 Å². The monoisotopic (exact) mass is 264 g/mol. The predicted molar refractivity (Wildman–Crippen MR) is 73.3 cm³/mol. The first kappa shape index (κ1) is 12.4. The molecular weight excluding hydrogens is 244 g/mol. The molecular formula is C12H20N6O. The fourth-order valence-corrected chi connectivity index (χ4v) is 2.53. The standard InChI is InChI=1S/C12H20N6O/c1-9-2-3-18(8-9)12-15-10(13)14-11(16-12)17-4-6-19-7-5-17/h9H,2-8H2,1H3,(H2,13,14,15,16). The third kappa shape index (κ3) is 2.70. The van der Waals surface area contributed by atoms with Crippen LogP contribution in [0.5, 0.6) is 0 Å². The Hall–Kier alpha value is -1.63. The van der Waals surface area contributed by atoms with Crippen LogP contribution in [0, 0.1) is 5.92 Å². The number of morpholine rings is 1. The van der Waals surface area contributed by atoms with Gasteiger partial charge in [-0.25, -0.2) is 0 Å². The van der Waals surface area contributed by atoms with Gasteiger partial charge in [0, 0.05) is 26.2 Å². The minimum absolute atomic E-state index is 0.297. The second-order valence-electron chi connectivity index (χ2n) is 5.23. The van der Waals surface area contributed by atoms with E-state index in [9.17, 15) is 0 Å². The number of rotatable bonds is 2. The van der Waals surface area contributed by atoms with Crippen LogP contribution in [0.4, 0.5) is 17.8 Å². The van der Waals surface area contributed by atoms with Crippen LogP contribution in [0.25, 0.3) is 0 Å². The van der Waals surface area contributed by atoms with Gasteiger partial charge in [0.2, 0.25) is 17.8 Å². The number of nitrogens with zero attached hydrogens (tertiary/aromatic N) is 5. The van der Waals surface area contributed by atoms with Gasteiger partial charge < -0.3 is 20.3 Å². The SMILES string of the molecule is CC1CCN(c2nc(N)nc(N3CCOCC3)n2)C1. The average molecular weight is 264 g/mol. The number of anilines is 3. The highest BCUT2D eigenvalue weighted by atomic mass is 16.5. The molecule has 0 spiro atoms. The molecule has 0 radical (unpaired) electrons. The molecule has 2 aliphatic heterocycles.